The van der Waals surface area contributed by atoms with Crippen molar-refractivity contribution in [3.8, 4) is 0 Å². The summed E-state index contributed by atoms with van der Waals surface area (Å²) in [6.45, 7) is 4.91. The highest BCUT2D eigenvalue weighted by Crippen LogP contribution is 2.41. The molecule has 7 heteroatoms. The van der Waals surface area contributed by atoms with Crippen LogP contribution in [0.4, 0.5) is 0 Å². The molecule has 30 heavy (non-hydrogen) atoms. The van der Waals surface area contributed by atoms with Crippen LogP contribution in [0.1, 0.15) is 24.8 Å². The number of carbonyl (C=O) groups excluding carboxylic acids is 1. The SMILES string of the molecule is CCOC(=O)[C@@H]1CCN(C2(n3nnc4ccccc43)COC2)C[C@H]1c1ccccc1. The van der Waals surface area contributed by atoms with E-state index in [9.17, 15) is 4.79 Å². The van der Waals surface area contributed by atoms with Gasteiger partial charge in [0.2, 0.25) is 0 Å². The molecule has 2 aliphatic heterocycles. The summed E-state index contributed by atoms with van der Waals surface area (Å²) >= 11 is 0. The quantitative estimate of drug-likeness (QED) is 0.607. The van der Waals surface area contributed by atoms with E-state index in [1.54, 1.807) is 0 Å². The zero-order valence-electron chi connectivity index (χ0n) is 17.1. The molecule has 0 unspecified atom stereocenters. The summed E-state index contributed by atoms with van der Waals surface area (Å²) in [4.78, 5) is 15.2. The van der Waals surface area contributed by atoms with Crippen molar-refractivity contribution in [1.82, 2.24) is 19.9 Å². The van der Waals surface area contributed by atoms with E-state index in [1.807, 2.05) is 48.0 Å². The largest absolute Gasteiger partial charge is 0.466 e. The van der Waals surface area contributed by atoms with Crippen LogP contribution in [0.15, 0.2) is 54.6 Å². The maximum absolute atomic E-state index is 12.7. The Morgan fingerprint density at radius 3 is 2.67 bits per heavy atom. The molecule has 2 saturated heterocycles. The molecule has 2 aromatic carbocycles. The number of nitrogens with zero attached hydrogens (tertiary/aromatic N) is 4. The average Bonchev–Trinajstić information content (AvgIpc) is 3.18. The van der Waals surface area contributed by atoms with Crippen LogP contribution in [-0.2, 0) is 19.9 Å². The second-order valence-electron chi connectivity index (χ2n) is 8.08. The van der Waals surface area contributed by atoms with Gasteiger partial charge in [-0.15, -0.1) is 5.10 Å². The van der Waals surface area contributed by atoms with E-state index in [1.165, 1.54) is 5.56 Å². The molecule has 3 aromatic rings. The molecule has 2 aliphatic rings. The molecule has 0 saturated carbocycles. The van der Waals surface area contributed by atoms with E-state index in [4.69, 9.17) is 9.47 Å². The van der Waals surface area contributed by atoms with E-state index >= 15 is 0 Å². The molecule has 0 aliphatic carbocycles. The van der Waals surface area contributed by atoms with Crippen molar-refractivity contribution in [3.63, 3.8) is 0 Å². The number of aromatic nitrogens is 3. The number of hydrogen-bond donors (Lipinski definition) is 0. The van der Waals surface area contributed by atoms with Crippen molar-refractivity contribution in [2.24, 2.45) is 5.92 Å². The summed E-state index contributed by atoms with van der Waals surface area (Å²) in [5.41, 5.74) is 2.68. The Bertz CT molecular complexity index is 1030. The first-order chi connectivity index (χ1) is 14.7. The van der Waals surface area contributed by atoms with Crippen molar-refractivity contribution in [3.05, 3.63) is 60.2 Å². The van der Waals surface area contributed by atoms with Crippen LogP contribution >= 0.6 is 0 Å². The third-order valence-electron chi connectivity index (χ3n) is 6.43. The van der Waals surface area contributed by atoms with Gasteiger partial charge in [-0.1, -0.05) is 47.7 Å². The lowest BCUT2D eigenvalue weighted by molar-refractivity contribution is -0.203. The number of ether oxygens (including phenoxy) is 2. The minimum atomic E-state index is -0.372. The average molecular weight is 406 g/mol. The molecular formula is C23H26N4O3. The Morgan fingerprint density at radius 2 is 1.93 bits per heavy atom. The molecule has 1 aromatic heterocycles. The van der Waals surface area contributed by atoms with Gasteiger partial charge in [0.15, 0.2) is 5.66 Å². The summed E-state index contributed by atoms with van der Waals surface area (Å²) in [5.74, 6) is -0.184. The van der Waals surface area contributed by atoms with Gasteiger partial charge in [0, 0.05) is 19.0 Å². The summed E-state index contributed by atoms with van der Waals surface area (Å²) in [6, 6.07) is 18.3. The zero-order chi connectivity index (χ0) is 20.6. The van der Waals surface area contributed by atoms with E-state index < -0.39 is 0 Å². The molecule has 0 radical (unpaired) electrons. The molecule has 0 amide bonds. The number of carbonyl (C=O) groups is 1. The third-order valence-corrected chi connectivity index (χ3v) is 6.43. The van der Waals surface area contributed by atoms with Gasteiger partial charge >= 0.3 is 5.97 Å². The fourth-order valence-corrected chi connectivity index (χ4v) is 4.80. The van der Waals surface area contributed by atoms with Crippen molar-refractivity contribution >= 4 is 17.0 Å². The maximum Gasteiger partial charge on any atom is 0.309 e. The van der Waals surface area contributed by atoms with Crippen LogP contribution in [-0.4, -0.2) is 58.8 Å². The molecule has 0 N–H and O–H groups in total. The summed E-state index contributed by atoms with van der Waals surface area (Å²) in [7, 11) is 0. The topological polar surface area (TPSA) is 69.5 Å². The molecule has 2 fully saturated rings. The zero-order valence-corrected chi connectivity index (χ0v) is 17.1. The van der Waals surface area contributed by atoms with Gasteiger partial charge in [-0.25, -0.2) is 4.68 Å². The van der Waals surface area contributed by atoms with Crippen LogP contribution in [0.25, 0.3) is 11.0 Å². The predicted octanol–water partition coefficient (Wildman–Crippen LogP) is 2.78. The summed E-state index contributed by atoms with van der Waals surface area (Å²) in [5, 5.41) is 8.86. The number of benzene rings is 2. The van der Waals surface area contributed by atoms with Crippen LogP contribution in [0.5, 0.6) is 0 Å². The van der Waals surface area contributed by atoms with Crippen LogP contribution in [0.2, 0.25) is 0 Å². The predicted molar refractivity (Wildman–Crippen MR) is 112 cm³/mol. The lowest BCUT2D eigenvalue weighted by Crippen LogP contribution is -2.66. The maximum atomic E-state index is 12.7. The van der Waals surface area contributed by atoms with Crippen molar-refractivity contribution in [2.75, 3.05) is 32.9 Å². The minimum absolute atomic E-state index is 0.0614. The third kappa shape index (κ3) is 3.09. The first kappa shape index (κ1) is 19.2. The summed E-state index contributed by atoms with van der Waals surface area (Å²) < 4.78 is 13.1. The molecule has 0 bridgehead atoms. The molecule has 156 valence electrons. The first-order valence-corrected chi connectivity index (χ1v) is 10.6. The highest BCUT2D eigenvalue weighted by atomic mass is 16.5. The van der Waals surface area contributed by atoms with E-state index in [0.717, 1.165) is 30.5 Å². The van der Waals surface area contributed by atoms with Gasteiger partial charge in [0.05, 0.1) is 31.3 Å². The molecule has 2 atom stereocenters. The highest BCUT2D eigenvalue weighted by molar-refractivity contribution is 5.75. The Morgan fingerprint density at radius 1 is 1.17 bits per heavy atom. The molecule has 3 heterocycles. The first-order valence-electron chi connectivity index (χ1n) is 10.6. The van der Waals surface area contributed by atoms with Gasteiger partial charge < -0.3 is 9.47 Å². The Hall–Kier alpha value is -2.77. The van der Waals surface area contributed by atoms with Gasteiger partial charge in [0.1, 0.15) is 5.52 Å². The van der Waals surface area contributed by atoms with Crippen molar-refractivity contribution < 1.29 is 14.3 Å². The van der Waals surface area contributed by atoms with Gasteiger partial charge in [-0.3, -0.25) is 9.69 Å². The smallest absolute Gasteiger partial charge is 0.309 e. The van der Waals surface area contributed by atoms with Gasteiger partial charge in [-0.05, 0) is 31.0 Å². The second kappa shape index (κ2) is 7.81. The number of rotatable bonds is 5. The van der Waals surface area contributed by atoms with Crippen molar-refractivity contribution in [1.29, 1.82) is 0 Å². The fraction of sp³-hybridized carbons (Fsp3) is 0.435. The Kier molecular flexibility index (Phi) is 5.00. The van der Waals surface area contributed by atoms with E-state index in [2.05, 4.69) is 33.4 Å². The lowest BCUT2D eigenvalue weighted by Gasteiger charge is -2.52. The molecule has 5 rings (SSSR count). The second-order valence-corrected chi connectivity index (χ2v) is 8.08. The van der Waals surface area contributed by atoms with E-state index in [-0.39, 0.29) is 23.5 Å². The summed E-state index contributed by atoms with van der Waals surface area (Å²) in [6.07, 6.45) is 0.743. The lowest BCUT2D eigenvalue weighted by atomic mass is 9.79. The normalized spacial score (nSPS) is 23.8. The van der Waals surface area contributed by atoms with Gasteiger partial charge in [0.25, 0.3) is 0 Å². The van der Waals surface area contributed by atoms with Crippen LogP contribution < -0.4 is 0 Å². The highest BCUT2D eigenvalue weighted by Gasteiger charge is 2.51. The van der Waals surface area contributed by atoms with Crippen LogP contribution in [0.3, 0.4) is 0 Å². The molecule has 0 spiro atoms. The number of piperidine rings is 1. The monoisotopic (exact) mass is 406 g/mol. The number of likely N-dealkylation sites (tertiary alicyclic amines) is 1. The van der Waals surface area contributed by atoms with E-state index in [0.29, 0.717) is 19.8 Å². The molecule has 7 nitrogen and oxygen atoms in total. The number of esters is 1. The standard InChI is InChI=1S/C23H26N4O3/c1-2-30-22(28)18-12-13-26(14-19(18)17-8-4-3-5-9-17)23(15-29-16-23)27-21-11-7-6-10-20(21)24-25-27/h3-11,18-19H,2,12-16H2,1H3/t18-,19+/m1/s1. The number of fused-ring (bicyclic) bond motifs is 1. The Labute approximate surface area is 175 Å². The Balaban J connectivity index is 1.50. The fourth-order valence-electron chi connectivity index (χ4n) is 4.80. The number of hydrogen-bond acceptors (Lipinski definition) is 6. The minimum Gasteiger partial charge on any atom is -0.466 e. The molecular weight excluding hydrogens is 380 g/mol. The van der Waals surface area contributed by atoms with Crippen LogP contribution in [0, 0.1) is 5.92 Å². The van der Waals surface area contributed by atoms with Crippen molar-refractivity contribution in [2.45, 2.75) is 24.9 Å². The number of para-hydroxylation sites is 1. The van der Waals surface area contributed by atoms with Gasteiger partial charge in [-0.2, -0.15) is 0 Å².